The first-order valence-electron chi connectivity index (χ1n) is 23.4. The van der Waals surface area contributed by atoms with E-state index in [9.17, 15) is 0 Å². The van der Waals surface area contributed by atoms with Gasteiger partial charge < -0.3 is 14.7 Å². The summed E-state index contributed by atoms with van der Waals surface area (Å²) in [6.07, 6.45) is 3.91. The van der Waals surface area contributed by atoms with Crippen LogP contribution in [0.15, 0.2) is 116 Å². The Balaban J connectivity index is 0.00000511. The number of benzene rings is 5. The molecule has 2 aromatic heterocycles. The minimum atomic E-state index is -0.327. The first-order chi connectivity index (χ1) is 30.5. The van der Waals surface area contributed by atoms with Crippen molar-refractivity contribution in [3.63, 3.8) is 0 Å². The van der Waals surface area contributed by atoms with Crippen LogP contribution < -0.4 is 14.7 Å². The van der Waals surface area contributed by atoms with Crippen molar-refractivity contribution in [3.8, 4) is 0 Å². The summed E-state index contributed by atoms with van der Waals surface area (Å²) in [5.74, 6) is 1.87. The fourth-order valence-electron chi connectivity index (χ4n) is 11.5. The van der Waals surface area contributed by atoms with Gasteiger partial charge in [-0.3, -0.25) is 0 Å². The van der Waals surface area contributed by atoms with Crippen molar-refractivity contribution in [2.24, 2.45) is 0 Å². The molecule has 7 aromatic rings. The summed E-state index contributed by atoms with van der Waals surface area (Å²) >= 11 is 0. The minimum Gasteiger partial charge on any atom is -0.358 e. The molecule has 0 atom stereocenters. The van der Waals surface area contributed by atoms with Crippen LogP contribution >= 0.6 is 0 Å². The molecule has 4 aliphatic rings. The van der Waals surface area contributed by atoms with E-state index in [2.05, 4.69) is 227 Å². The Morgan fingerprint density at radius 2 is 0.939 bits per heavy atom. The zero-order chi connectivity index (χ0) is 46.0. The average molecular weight is 1050 g/mol. The second kappa shape index (κ2) is 14.3. The number of hydrogen-bond acceptors (Lipinski definition) is 5. The molecule has 66 heavy (non-hydrogen) atoms. The van der Waals surface area contributed by atoms with E-state index in [-0.39, 0.29) is 53.6 Å². The summed E-state index contributed by atoms with van der Waals surface area (Å²) in [5, 5.41) is 0. The van der Waals surface area contributed by atoms with Gasteiger partial charge in [-0.25, -0.2) is 9.97 Å². The smallest absolute Gasteiger partial charge is 0.358 e. The van der Waals surface area contributed by atoms with Crippen molar-refractivity contribution in [3.05, 3.63) is 183 Å². The van der Waals surface area contributed by atoms with E-state index in [1.807, 2.05) is 12.4 Å². The Morgan fingerprint density at radius 1 is 0.424 bits per heavy atom. The molecule has 6 heteroatoms. The summed E-state index contributed by atoms with van der Waals surface area (Å²) in [6, 6.07) is 47.0. The van der Waals surface area contributed by atoms with Gasteiger partial charge in [0.1, 0.15) is 11.6 Å². The zero-order valence-corrected chi connectivity index (χ0v) is 43.3. The van der Waals surface area contributed by atoms with Gasteiger partial charge in [0.2, 0.25) is 0 Å². The molecule has 5 nitrogen and oxygen atoms in total. The van der Waals surface area contributed by atoms with Gasteiger partial charge >= 0.3 is 21.1 Å². The summed E-state index contributed by atoms with van der Waals surface area (Å²) in [4.78, 5) is 17.5. The Bertz CT molecular complexity index is 3140. The predicted octanol–water partition coefficient (Wildman–Crippen LogP) is 15.6. The van der Waals surface area contributed by atoms with E-state index in [4.69, 9.17) is 9.97 Å². The van der Waals surface area contributed by atoms with E-state index in [1.54, 1.807) is 0 Å². The molecule has 5 aromatic carbocycles. The maximum Gasteiger partial charge on any atom is 2.00 e. The molecule has 0 fully saturated rings. The number of para-hydroxylation sites is 2. The molecule has 0 aliphatic carbocycles. The number of pyridine rings is 2. The molecular weight excluding hydrogens is 986 g/mol. The fourth-order valence-corrected chi connectivity index (χ4v) is 11.5. The van der Waals surface area contributed by atoms with E-state index >= 15 is 0 Å². The third-order valence-corrected chi connectivity index (χ3v) is 15.6. The van der Waals surface area contributed by atoms with Crippen LogP contribution in [0.1, 0.15) is 153 Å². The third kappa shape index (κ3) is 6.07. The van der Waals surface area contributed by atoms with Gasteiger partial charge in [0.25, 0.3) is 0 Å². The zero-order valence-electron chi connectivity index (χ0n) is 41.0. The number of hydrogen-bond donors (Lipinski definition) is 0. The van der Waals surface area contributed by atoms with E-state index in [1.165, 1.54) is 61.3 Å². The Morgan fingerprint density at radius 3 is 1.55 bits per heavy atom. The van der Waals surface area contributed by atoms with Crippen molar-refractivity contribution in [2.75, 3.05) is 14.7 Å². The Labute approximate surface area is 407 Å². The molecule has 4 aliphatic heterocycles. The van der Waals surface area contributed by atoms with Gasteiger partial charge in [-0.15, -0.1) is 34.9 Å². The van der Waals surface area contributed by atoms with Crippen LogP contribution in [0.4, 0.5) is 51.4 Å². The van der Waals surface area contributed by atoms with Gasteiger partial charge in [0.15, 0.2) is 0 Å². The maximum atomic E-state index is 5.21. The van der Waals surface area contributed by atoms with Crippen molar-refractivity contribution in [1.82, 2.24) is 9.97 Å². The molecule has 6 heterocycles. The summed E-state index contributed by atoms with van der Waals surface area (Å²) < 4.78 is 0. The quantitative estimate of drug-likeness (QED) is 0.161. The molecule has 11 rings (SSSR count). The third-order valence-electron chi connectivity index (χ3n) is 15.6. The molecule has 0 unspecified atom stereocenters. The molecule has 0 amide bonds. The summed E-state index contributed by atoms with van der Waals surface area (Å²) in [5.41, 5.74) is 19.0. The monoisotopic (exact) mass is 1050 g/mol. The molecular formula is C60H61N5Pt. The average Bonchev–Trinajstić information content (AvgIpc) is 3.25. The SMILES string of the molecule is CC(C)(C)c1ccnc(N2c3[c-]c4c(cc3C(C)(C)c3ccccc32)C(C)(C)c2ccccc2N4c2[c-]c3c(cc2)C(C)(C)c2cc(C(C)(C)C)cc4c2N3c2ncccc2C4(C)C)c1.[Pt+2]. The van der Waals surface area contributed by atoms with Gasteiger partial charge in [0, 0.05) is 34.7 Å². The van der Waals surface area contributed by atoms with Crippen LogP contribution in [0.2, 0.25) is 0 Å². The van der Waals surface area contributed by atoms with Crippen LogP contribution in [-0.2, 0) is 53.6 Å². The molecule has 336 valence electrons. The standard InChI is InChI=1S/C60H61N5.Pt/c1-55(2,3)36-27-29-61-52(32-36)64-48-24-18-16-21-40(48)58(9,10)44-34-43-50(35-51(44)64)63(47-23-17-15-20-39(47)57(43,7)8)38-25-26-41-49(33-38)65-53-45(59(41,11)12)30-37(56(4,5)6)31-46(53)60(13,14)42-22-19-28-62-54(42)65;/h15-32,34H,1-14H3;/q-2;+2. The second-order valence-electron chi connectivity index (χ2n) is 23.1. The molecule has 0 N–H and O–H groups in total. The van der Waals surface area contributed by atoms with E-state index in [0.29, 0.717) is 0 Å². The van der Waals surface area contributed by atoms with E-state index in [0.717, 1.165) is 45.8 Å². The van der Waals surface area contributed by atoms with Crippen molar-refractivity contribution < 1.29 is 21.1 Å². The minimum absolute atomic E-state index is 0. The van der Waals surface area contributed by atoms with Crippen molar-refractivity contribution in [2.45, 2.75) is 129 Å². The Hall–Kier alpha value is -5.51. The second-order valence-corrected chi connectivity index (χ2v) is 23.1. The summed E-state index contributed by atoms with van der Waals surface area (Å²) in [6.45, 7) is 32.8. The van der Waals surface area contributed by atoms with Crippen LogP contribution in [0.5, 0.6) is 0 Å². The first kappa shape index (κ1) is 44.3. The molecule has 0 saturated carbocycles. The fraction of sp³-hybridized carbons (Fsp3) is 0.333. The molecule has 0 bridgehead atoms. The van der Waals surface area contributed by atoms with Crippen molar-refractivity contribution in [1.29, 1.82) is 0 Å². The van der Waals surface area contributed by atoms with Gasteiger partial charge in [-0.1, -0.05) is 174 Å². The summed E-state index contributed by atoms with van der Waals surface area (Å²) in [7, 11) is 0. The van der Waals surface area contributed by atoms with Crippen LogP contribution in [0.25, 0.3) is 0 Å². The molecule has 0 radical (unpaired) electrons. The molecule has 0 saturated heterocycles. The van der Waals surface area contributed by atoms with Crippen LogP contribution in [-0.4, -0.2) is 9.97 Å². The normalized spacial score (nSPS) is 17.5. The first-order valence-corrected chi connectivity index (χ1v) is 23.4. The number of nitrogens with zero attached hydrogens (tertiary/aromatic N) is 5. The van der Waals surface area contributed by atoms with E-state index < -0.39 is 0 Å². The number of rotatable bonds is 2. The molecule has 0 spiro atoms. The largest absolute Gasteiger partial charge is 2.00 e. The number of anilines is 9. The Kier molecular flexibility index (Phi) is 9.57. The number of fused-ring (bicyclic) bond motifs is 8. The van der Waals surface area contributed by atoms with Gasteiger partial charge in [-0.2, -0.15) is 12.1 Å². The maximum absolute atomic E-state index is 5.21. The van der Waals surface area contributed by atoms with Gasteiger partial charge in [0.05, 0.1) is 5.69 Å². The van der Waals surface area contributed by atoms with Gasteiger partial charge in [-0.05, 0) is 90.8 Å². The van der Waals surface area contributed by atoms with Crippen molar-refractivity contribution >= 4 is 51.4 Å². The van der Waals surface area contributed by atoms with Crippen LogP contribution in [0, 0.1) is 12.1 Å². The topological polar surface area (TPSA) is 35.5 Å². The predicted molar refractivity (Wildman–Crippen MR) is 270 cm³/mol. The number of aromatic nitrogens is 2. The van der Waals surface area contributed by atoms with Crippen LogP contribution in [0.3, 0.4) is 0 Å².